The largest absolute Gasteiger partial charge is 0.393 e. The molecule has 1 saturated heterocycles. The molecular formula is C19H30N2OS. The maximum absolute atomic E-state index is 9.70. The number of hydrogen-bond donors (Lipinski definition) is 2. The van der Waals surface area contributed by atoms with Gasteiger partial charge in [-0.05, 0) is 69.0 Å². The summed E-state index contributed by atoms with van der Waals surface area (Å²) in [7, 11) is 0. The normalized spacial score (nSPS) is 32.0. The van der Waals surface area contributed by atoms with Gasteiger partial charge in [-0.1, -0.05) is 18.9 Å². The molecule has 0 bridgehead atoms. The van der Waals surface area contributed by atoms with Gasteiger partial charge in [0.25, 0.3) is 0 Å². The van der Waals surface area contributed by atoms with Crippen molar-refractivity contribution in [3.05, 3.63) is 22.4 Å². The first-order valence-electron chi connectivity index (χ1n) is 9.51. The minimum atomic E-state index is -0.0616. The van der Waals surface area contributed by atoms with Crippen LogP contribution in [0.1, 0.15) is 62.3 Å². The summed E-state index contributed by atoms with van der Waals surface area (Å²) in [5.74, 6) is 0.622. The molecule has 1 atom stereocenters. The van der Waals surface area contributed by atoms with Crippen LogP contribution in [-0.2, 0) is 0 Å². The molecule has 0 radical (unpaired) electrons. The maximum atomic E-state index is 9.70. The molecule has 3 aliphatic rings. The van der Waals surface area contributed by atoms with Crippen molar-refractivity contribution in [2.75, 3.05) is 13.1 Å². The lowest BCUT2D eigenvalue weighted by Gasteiger charge is -2.42. The Hall–Kier alpha value is -0.420. The van der Waals surface area contributed by atoms with Gasteiger partial charge in [0, 0.05) is 23.0 Å². The summed E-state index contributed by atoms with van der Waals surface area (Å²) in [5.41, 5.74) is 0. The number of thiophene rings is 1. The highest BCUT2D eigenvalue weighted by Crippen LogP contribution is 2.40. The van der Waals surface area contributed by atoms with Crippen molar-refractivity contribution in [3.63, 3.8) is 0 Å². The molecule has 128 valence electrons. The van der Waals surface area contributed by atoms with E-state index in [-0.39, 0.29) is 6.10 Å². The Balaban J connectivity index is 1.33. The van der Waals surface area contributed by atoms with Gasteiger partial charge in [-0.2, -0.15) is 0 Å². The lowest BCUT2D eigenvalue weighted by atomic mass is 9.76. The first-order valence-corrected chi connectivity index (χ1v) is 10.4. The molecule has 2 heterocycles. The van der Waals surface area contributed by atoms with Crippen LogP contribution in [0.15, 0.2) is 17.5 Å². The molecule has 2 aliphatic carbocycles. The SMILES string of the molecule is OC1CC(C(NC2CCN(C3CCCC3)CC2)c2cccs2)C1. The fourth-order valence-corrected chi connectivity index (χ4v) is 5.65. The minimum Gasteiger partial charge on any atom is -0.393 e. The summed E-state index contributed by atoms with van der Waals surface area (Å²) in [6.07, 6.45) is 10.2. The number of aliphatic hydroxyl groups excluding tert-OH is 1. The Kier molecular flexibility index (Phi) is 5.04. The highest BCUT2D eigenvalue weighted by Gasteiger charge is 2.37. The summed E-state index contributed by atoms with van der Waals surface area (Å²) in [6.45, 7) is 2.54. The molecule has 0 spiro atoms. The quantitative estimate of drug-likeness (QED) is 0.864. The van der Waals surface area contributed by atoms with Crippen LogP contribution in [0.4, 0.5) is 0 Å². The van der Waals surface area contributed by atoms with E-state index in [1.54, 1.807) is 0 Å². The number of nitrogens with one attached hydrogen (secondary N) is 1. The van der Waals surface area contributed by atoms with Gasteiger partial charge in [0.05, 0.1) is 6.10 Å². The Labute approximate surface area is 144 Å². The van der Waals surface area contributed by atoms with Gasteiger partial charge >= 0.3 is 0 Å². The van der Waals surface area contributed by atoms with Crippen LogP contribution in [0, 0.1) is 5.92 Å². The smallest absolute Gasteiger partial charge is 0.0547 e. The zero-order valence-electron chi connectivity index (χ0n) is 14.0. The molecule has 23 heavy (non-hydrogen) atoms. The lowest BCUT2D eigenvalue weighted by molar-refractivity contribution is 0.0197. The van der Waals surface area contributed by atoms with E-state index in [1.165, 1.54) is 56.5 Å². The number of aliphatic hydroxyl groups is 1. The molecule has 4 heteroatoms. The fraction of sp³-hybridized carbons (Fsp3) is 0.789. The molecule has 3 nitrogen and oxygen atoms in total. The van der Waals surface area contributed by atoms with Crippen molar-refractivity contribution in [2.45, 2.75) is 75.6 Å². The third-order valence-electron chi connectivity index (χ3n) is 6.26. The zero-order valence-corrected chi connectivity index (χ0v) is 14.8. The lowest BCUT2D eigenvalue weighted by Crippen LogP contribution is -2.49. The molecule has 3 fully saturated rings. The van der Waals surface area contributed by atoms with E-state index >= 15 is 0 Å². The molecule has 2 saturated carbocycles. The van der Waals surface area contributed by atoms with Gasteiger partial charge < -0.3 is 15.3 Å². The van der Waals surface area contributed by atoms with Crippen LogP contribution in [0.25, 0.3) is 0 Å². The molecule has 0 aromatic carbocycles. The van der Waals surface area contributed by atoms with Crippen molar-refractivity contribution in [3.8, 4) is 0 Å². The Morgan fingerprint density at radius 2 is 1.87 bits per heavy atom. The van der Waals surface area contributed by atoms with Crippen molar-refractivity contribution >= 4 is 11.3 Å². The van der Waals surface area contributed by atoms with Crippen LogP contribution >= 0.6 is 11.3 Å². The monoisotopic (exact) mass is 334 g/mol. The van der Waals surface area contributed by atoms with Gasteiger partial charge in [0.2, 0.25) is 0 Å². The number of hydrogen-bond acceptors (Lipinski definition) is 4. The predicted molar refractivity (Wildman–Crippen MR) is 95.8 cm³/mol. The summed E-state index contributed by atoms with van der Waals surface area (Å²) < 4.78 is 0. The number of likely N-dealkylation sites (tertiary alicyclic amines) is 1. The van der Waals surface area contributed by atoms with Gasteiger partial charge in [0.1, 0.15) is 0 Å². The first kappa shape index (κ1) is 16.1. The predicted octanol–water partition coefficient (Wildman–Crippen LogP) is 3.56. The summed E-state index contributed by atoms with van der Waals surface area (Å²) in [4.78, 5) is 4.21. The molecule has 1 aromatic rings. The van der Waals surface area contributed by atoms with Gasteiger partial charge in [0.15, 0.2) is 0 Å². The molecule has 0 amide bonds. The van der Waals surface area contributed by atoms with Gasteiger partial charge in [-0.15, -0.1) is 11.3 Å². The second-order valence-corrected chi connectivity index (χ2v) is 8.77. The van der Waals surface area contributed by atoms with Crippen LogP contribution in [0.3, 0.4) is 0 Å². The van der Waals surface area contributed by atoms with Crippen molar-refractivity contribution in [1.82, 2.24) is 10.2 Å². The van der Waals surface area contributed by atoms with Gasteiger partial charge in [-0.3, -0.25) is 0 Å². The minimum absolute atomic E-state index is 0.0616. The Morgan fingerprint density at radius 1 is 1.13 bits per heavy atom. The first-order chi connectivity index (χ1) is 11.3. The van der Waals surface area contributed by atoms with Crippen LogP contribution in [0.2, 0.25) is 0 Å². The number of nitrogens with zero attached hydrogens (tertiary/aromatic N) is 1. The summed E-state index contributed by atoms with van der Waals surface area (Å²) >= 11 is 1.86. The van der Waals surface area contributed by atoms with E-state index in [0.717, 1.165) is 18.9 Å². The zero-order chi connectivity index (χ0) is 15.6. The number of rotatable bonds is 5. The Bertz CT molecular complexity index is 472. The van der Waals surface area contributed by atoms with E-state index in [1.807, 2.05) is 11.3 Å². The standard InChI is InChI=1S/C19H30N2OS/c22-17-12-14(13-17)19(18-6-3-11-23-18)20-15-7-9-21(10-8-15)16-4-1-2-5-16/h3,6,11,14-17,19-20,22H,1-2,4-5,7-10,12-13H2. The van der Waals surface area contributed by atoms with Crippen LogP contribution < -0.4 is 5.32 Å². The topological polar surface area (TPSA) is 35.5 Å². The van der Waals surface area contributed by atoms with Crippen LogP contribution in [-0.4, -0.2) is 41.3 Å². The molecule has 1 aliphatic heterocycles. The third-order valence-corrected chi connectivity index (χ3v) is 7.21. The van der Waals surface area contributed by atoms with E-state index < -0.39 is 0 Å². The summed E-state index contributed by atoms with van der Waals surface area (Å²) in [6, 6.07) is 6.41. The maximum Gasteiger partial charge on any atom is 0.0547 e. The molecule has 4 rings (SSSR count). The molecule has 1 unspecified atom stereocenters. The van der Waals surface area contributed by atoms with E-state index in [0.29, 0.717) is 18.0 Å². The number of piperidine rings is 1. The second kappa shape index (κ2) is 7.22. The third kappa shape index (κ3) is 3.65. The fourth-order valence-electron chi connectivity index (χ4n) is 4.78. The average molecular weight is 335 g/mol. The highest BCUT2D eigenvalue weighted by molar-refractivity contribution is 7.10. The van der Waals surface area contributed by atoms with Crippen molar-refractivity contribution in [2.24, 2.45) is 5.92 Å². The van der Waals surface area contributed by atoms with Crippen molar-refractivity contribution < 1.29 is 5.11 Å². The van der Waals surface area contributed by atoms with E-state index in [9.17, 15) is 5.11 Å². The summed E-state index contributed by atoms with van der Waals surface area (Å²) in [5, 5.41) is 15.8. The van der Waals surface area contributed by atoms with E-state index in [4.69, 9.17) is 0 Å². The second-order valence-electron chi connectivity index (χ2n) is 7.79. The average Bonchev–Trinajstić information content (AvgIpc) is 3.23. The van der Waals surface area contributed by atoms with Gasteiger partial charge in [-0.25, -0.2) is 0 Å². The molecule has 2 N–H and O–H groups in total. The van der Waals surface area contributed by atoms with Crippen LogP contribution in [0.5, 0.6) is 0 Å². The van der Waals surface area contributed by atoms with Crippen molar-refractivity contribution in [1.29, 1.82) is 0 Å². The van der Waals surface area contributed by atoms with E-state index in [2.05, 4.69) is 27.7 Å². The molecule has 1 aromatic heterocycles. The molecular weight excluding hydrogens is 304 g/mol. The highest BCUT2D eigenvalue weighted by atomic mass is 32.1. The Morgan fingerprint density at radius 3 is 2.48 bits per heavy atom.